The maximum absolute atomic E-state index is 14.5. The van der Waals surface area contributed by atoms with Crippen molar-refractivity contribution >= 4 is 44.7 Å². The predicted molar refractivity (Wildman–Crippen MR) is 189 cm³/mol. The highest BCUT2D eigenvalue weighted by Gasteiger charge is 2.62. The summed E-state index contributed by atoms with van der Waals surface area (Å²) in [4.78, 5) is 66.4. The van der Waals surface area contributed by atoms with E-state index < -0.39 is 74.4 Å². The number of ether oxygens (including phenoxy) is 1. The summed E-state index contributed by atoms with van der Waals surface area (Å²) >= 11 is 0. The number of allylic oxidation sites excluding steroid dienone is 1. The molecule has 15 nitrogen and oxygen atoms in total. The first kappa shape index (κ1) is 36.4. The van der Waals surface area contributed by atoms with Crippen LogP contribution < -0.4 is 20.1 Å². The van der Waals surface area contributed by atoms with Gasteiger partial charge in [-0.25, -0.2) is 22.8 Å². The highest BCUT2D eigenvalue weighted by molar-refractivity contribution is 7.91. The zero-order valence-electron chi connectivity index (χ0n) is 29.6. The van der Waals surface area contributed by atoms with Crippen LogP contribution in [0.2, 0.25) is 0 Å². The van der Waals surface area contributed by atoms with Gasteiger partial charge in [-0.05, 0) is 63.1 Å². The van der Waals surface area contributed by atoms with E-state index in [2.05, 4.69) is 30.4 Å². The van der Waals surface area contributed by atoms with Crippen LogP contribution in [0.5, 0.6) is 5.88 Å². The highest BCUT2D eigenvalue weighted by Crippen LogP contribution is 2.46. The van der Waals surface area contributed by atoms with Crippen LogP contribution in [0.1, 0.15) is 80.9 Å². The highest BCUT2D eigenvalue weighted by atomic mass is 32.2. The van der Waals surface area contributed by atoms with Gasteiger partial charge in [-0.1, -0.05) is 31.9 Å². The quantitative estimate of drug-likeness (QED) is 0.288. The van der Waals surface area contributed by atoms with Crippen molar-refractivity contribution in [2.24, 2.45) is 13.0 Å². The van der Waals surface area contributed by atoms with E-state index in [1.54, 1.807) is 7.05 Å². The lowest BCUT2D eigenvalue weighted by atomic mass is 10.0. The number of aromatic nitrogens is 4. The van der Waals surface area contributed by atoms with E-state index in [1.807, 2.05) is 19.1 Å². The lowest BCUT2D eigenvalue weighted by Crippen LogP contribution is -2.58. The average Bonchev–Trinajstić information content (AvgIpc) is 4.01. The van der Waals surface area contributed by atoms with Gasteiger partial charge in [0.15, 0.2) is 0 Å². The zero-order valence-corrected chi connectivity index (χ0v) is 30.4. The molecule has 2 saturated carbocycles. The third-order valence-corrected chi connectivity index (χ3v) is 12.3. The second-order valence-electron chi connectivity index (χ2n) is 14.3. The molecule has 1 saturated heterocycles. The molecule has 0 bridgehead atoms. The number of hydrogen-bond acceptors (Lipinski definition) is 10. The summed E-state index contributed by atoms with van der Waals surface area (Å²) in [6, 6.07) is 3.44. The van der Waals surface area contributed by atoms with Crippen molar-refractivity contribution in [2.45, 2.75) is 100 Å². The number of fused-ring (bicyclic) bond motifs is 3. The van der Waals surface area contributed by atoms with Crippen LogP contribution in [0.25, 0.3) is 11.0 Å². The van der Waals surface area contributed by atoms with Crippen molar-refractivity contribution in [3.8, 4) is 5.88 Å². The molecular formula is C36H43FN8O7S. The summed E-state index contributed by atoms with van der Waals surface area (Å²) in [6.45, 7) is 1.80. The topological polar surface area (TPSA) is 195 Å². The fraction of sp³-hybridized carbons (Fsp3) is 0.528. The number of benzene rings is 1. The van der Waals surface area contributed by atoms with Crippen molar-refractivity contribution in [3.05, 3.63) is 59.8 Å². The maximum atomic E-state index is 14.5. The van der Waals surface area contributed by atoms with Crippen LogP contribution in [0.3, 0.4) is 0 Å². The van der Waals surface area contributed by atoms with Crippen molar-refractivity contribution in [3.63, 3.8) is 0 Å². The molecule has 282 valence electrons. The minimum Gasteiger partial charge on any atom is -0.471 e. The Morgan fingerprint density at radius 3 is 2.64 bits per heavy atom. The third kappa shape index (κ3) is 7.61. The van der Waals surface area contributed by atoms with Gasteiger partial charge in [-0.15, -0.1) is 0 Å². The van der Waals surface area contributed by atoms with E-state index in [0.29, 0.717) is 49.7 Å². The number of amides is 4. The number of sulfonamides is 1. The number of rotatable bonds is 8. The molecule has 3 N–H and O–H groups in total. The van der Waals surface area contributed by atoms with Crippen LogP contribution in [0.4, 0.5) is 4.39 Å². The Balaban J connectivity index is 1.21. The molecule has 7 rings (SSSR count). The lowest BCUT2D eigenvalue weighted by Gasteiger charge is -2.30. The fourth-order valence-electron chi connectivity index (χ4n) is 7.21. The summed E-state index contributed by atoms with van der Waals surface area (Å²) in [5, 5.41) is 9.13. The van der Waals surface area contributed by atoms with Crippen molar-refractivity contribution < 1.29 is 36.7 Å². The van der Waals surface area contributed by atoms with E-state index in [-0.39, 0.29) is 36.5 Å². The lowest BCUT2D eigenvalue weighted by molar-refractivity contribution is -0.141. The van der Waals surface area contributed by atoms with Crippen molar-refractivity contribution in [1.29, 1.82) is 0 Å². The van der Waals surface area contributed by atoms with Crippen LogP contribution in [0.15, 0.2) is 42.6 Å². The van der Waals surface area contributed by atoms with E-state index in [9.17, 15) is 32.0 Å². The van der Waals surface area contributed by atoms with Gasteiger partial charge in [0.05, 0.1) is 22.8 Å². The second kappa shape index (κ2) is 14.5. The molecule has 17 heteroatoms. The molecule has 1 aromatic carbocycles. The smallest absolute Gasteiger partial charge is 0.270 e. The standard InChI is InChI=1S/C36H43FN8O7S/c1-3-25-33(41-28-17-22(37)11-14-26(28)39-25)52-23-18-30-32(47)42-36(35(49)43-53(50,51)24-12-13-24)19-21(36)9-7-5-4-6-8-10-27(34(48)45(30)20-23)40-31(46)29-15-16-38-44(29)2/h7,9,11,14-17,21,23-24,27,30H,3-6,8,10,12-13,18-20H2,1-2H3,(H,40,46)(H,42,47)(H,43,49)/b9-7-/t21?,23-,27+,30+,36-/m1/s1. The molecule has 3 aromatic rings. The van der Waals surface area contributed by atoms with Crippen molar-refractivity contribution in [2.75, 3.05) is 6.54 Å². The van der Waals surface area contributed by atoms with Gasteiger partial charge in [-0.2, -0.15) is 5.10 Å². The molecule has 2 aromatic heterocycles. The van der Waals surface area contributed by atoms with Crippen LogP contribution in [-0.2, 0) is 37.9 Å². The number of carbonyl (C=O) groups excluding carboxylic acids is 4. The molecule has 2 aliphatic heterocycles. The Morgan fingerprint density at radius 2 is 1.91 bits per heavy atom. The van der Waals surface area contributed by atoms with E-state index in [4.69, 9.17) is 4.74 Å². The van der Waals surface area contributed by atoms with Crippen LogP contribution >= 0.6 is 0 Å². The van der Waals surface area contributed by atoms with Crippen LogP contribution in [-0.4, -0.2) is 92.2 Å². The van der Waals surface area contributed by atoms with Gasteiger partial charge in [0.2, 0.25) is 27.7 Å². The molecule has 2 aliphatic carbocycles. The zero-order chi connectivity index (χ0) is 37.5. The number of nitrogens with one attached hydrogen (secondary N) is 3. The first-order valence-electron chi connectivity index (χ1n) is 18.2. The van der Waals surface area contributed by atoms with Gasteiger partial charge in [-0.3, -0.25) is 28.6 Å². The van der Waals surface area contributed by atoms with Crippen molar-refractivity contribution in [1.82, 2.24) is 40.0 Å². The van der Waals surface area contributed by atoms with E-state index in [0.717, 1.165) is 12.8 Å². The molecule has 0 spiro atoms. The third-order valence-electron chi connectivity index (χ3n) is 10.5. The minimum absolute atomic E-state index is 0.00935. The molecule has 4 aliphatic rings. The second-order valence-corrected chi connectivity index (χ2v) is 16.3. The SMILES string of the molecule is CCc1nc2ccc(F)cc2nc1O[C@@H]1C[C@H]2C(=O)N[C@]3(C(=O)NS(=O)(=O)C4CC4)CC3/C=C\CCCCC[C@H](NC(=O)c3ccnn3C)C(=O)N2C1. The Kier molecular flexibility index (Phi) is 9.95. The Labute approximate surface area is 306 Å². The monoisotopic (exact) mass is 750 g/mol. The Hall–Kier alpha value is -4.93. The fourth-order valence-corrected chi connectivity index (χ4v) is 8.57. The molecule has 0 radical (unpaired) electrons. The largest absolute Gasteiger partial charge is 0.471 e. The molecule has 4 amide bonds. The van der Waals surface area contributed by atoms with Gasteiger partial charge >= 0.3 is 0 Å². The number of hydrogen-bond donors (Lipinski definition) is 3. The summed E-state index contributed by atoms with van der Waals surface area (Å²) in [7, 11) is -2.29. The molecule has 5 atom stereocenters. The Bertz CT molecular complexity index is 2090. The number of carbonyl (C=O) groups is 4. The Morgan fingerprint density at radius 1 is 1.09 bits per heavy atom. The van der Waals surface area contributed by atoms with Crippen LogP contribution in [0, 0.1) is 11.7 Å². The van der Waals surface area contributed by atoms with E-state index >= 15 is 0 Å². The van der Waals surface area contributed by atoms with Gasteiger partial charge in [0.25, 0.3) is 11.8 Å². The normalized spacial score (nSPS) is 27.1. The maximum Gasteiger partial charge on any atom is 0.270 e. The van der Waals surface area contributed by atoms with Gasteiger partial charge < -0.3 is 20.3 Å². The van der Waals surface area contributed by atoms with E-state index in [1.165, 1.54) is 40.0 Å². The number of halogens is 1. The molecular weight excluding hydrogens is 708 g/mol. The van der Waals surface area contributed by atoms with Gasteiger partial charge in [0, 0.05) is 31.6 Å². The average molecular weight is 751 g/mol. The molecule has 4 heterocycles. The summed E-state index contributed by atoms with van der Waals surface area (Å²) in [6.07, 6.45) is 9.13. The molecule has 1 unspecified atom stereocenters. The first-order valence-corrected chi connectivity index (χ1v) is 19.7. The molecule has 3 fully saturated rings. The summed E-state index contributed by atoms with van der Waals surface area (Å²) in [5.74, 6) is -3.29. The number of nitrogens with zero attached hydrogens (tertiary/aromatic N) is 5. The minimum atomic E-state index is -3.91. The summed E-state index contributed by atoms with van der Waals surface area (Å²) < 4.78 is 49.7. The van der Waals surface area contributed by atoms with Gasteiger partial charge in [0.1, 0.15) is 40.9 Å². The number of aryl methyl sites for hydroxylation is 2. The predicted octanol–water partition coefficient (Wildman–Crippen LogP) is 2.22. The molecule has 53 heavy (non-hydrogen) atoms. The summed E-state index contributed by atoms with van der Waals surface area (Å²) in [5.41, 5.74) is -0.0103. The first-order chi connectivity index (χ1) is 25.4.